The molecule has 1 N–H and O–H groups in total. The summed E-state index contributed by atoms with van der Waals surface area (Å²) in [7, 11) is -2.72. The highest BCUT2D eigenvalue weighted by atomic mass is 32.2. The number of halogens is 2. The number of hydrogen-bond donors (Lipinski definition) is 1. The van der Waals surface area contributed by atoms with Gasteiger partial charge in [-0.3, -0.25) is 10.1 Å². The van der Waals surface area contributed by atoms with E-state index in [0.29, 0.717) is 28.6 Å². The maximum Gasteiger partial charge on any atom is 0.261 e. The van der Waals surface area contributed by atoms with Gasteiger partial charge in [0.05, 0.1) is 18.4 Å². The summed E-state index contributed by atoms with van der Waals surface area (Å²) in [5, 5.41) is 2.60. The molecule has 1 aliphatic rings. The van der Waals surface area contributed by atoms with Gasteiger partial charge >= 0.3 is 0 Å². The number of fused-ring (bicyclic) bond motifs is 1. The van der Waals surface area contributed by atoms with Crippen LogP contribution in [0.15, 0.2) is 53.6 Å². The summed E-state index contributed by atoms with van der Waals surface area (Å²) < 4.78 is 59.1. The number of carbonyl (C=O) groups is 1. The standard InChI is InChI=1S/C21H18F2N4O4S/c1-31-18-5-3-2-4-15(18)20(28)26-21-24-11-13-12-27(9-8-17(13)25-21)32(29,30)19-7-6-14(22)10-16(19)23/h2-7,10-11H,8-9,12H2,1H3,(H,24,25,26,28). The number of nitrogens with zero attached hydrogens (tertiary/aromatic N) is 3. The SMILES string of the molecule is COc1ccccc1C(=O)Nc1ncc2c(n1)CCN(S(=O)(=O)c1ccc(F)cc1F)C2. The van der Waals surface area contributed by atoms with Gasteiger partial charge in [0.25, 0.3) is 5.91 Å². The maximum atomic E-state index is 14.0. The second-order valence-corrected chi connectivity index (χ2v) is 8.89. The number of aromatic nitrogens is 2. The quantitative estimate of drug-likeness (QED) is 0.628. The van der Waals surface area contributed by atoms with Gasteiger partial charge in [-0.15, -0.1) is 0 Å². The van der Waals surface area contributed by atoms with E-state index < -0.39 is 32.5 Å². The molecular formula is C21H18F2N4O4S. The first-order valence-corrected chi connectivity index (χ1v) is 11.0. The molecule has 2 aromatic carbocycles. The Labute approximate surface area is 182 Å². The maximum absolute atomic E-state index is 14.0. The zero-order chi connectivity index (χ0) is 22.9. The van der Waals surface area contributed by atoms with Gasteiger partial charge in [0.2, 0.25) is 16.0 Å². The van der Waals surface area contributed by atoms with E-state index in [-0.39, 0.29) is 25.5 Å². The Morgan fingerprint density at radius 1 is 1.19 bits per heavy atom. The van der Waals surface area contributed by atoms with Crippen LogP contribution in [0.1, 0.15) is 21.6 Å². The van der Waals surface area contributed by atoms with Gasteiger partial charge in [-0.2, -0.15) is 4.31 Å². The highest BCUT2D eigenvalue weighted by Gasteiger charge is 2.31. The van der Waals surface area contributed by atoms with Gasteiger partial charge in [-0.25, -0.2) is 27.2 Å². The van der Waals surface area contributed by atoms with Crippen molar-refractivity contribution in [2.75, 3.05) is 19.0 Å². The molecule has 1 aromatic heterocycles. The van der Waals surface area contributed by atoms with Crippen LogP contribution in [0.3, 0.4) is 0 Å². The van der Waals surface area contributed by atoms with Crippen molar-refractivity contribution in [3.63, 3.8) is 0 Å². The summed E-state index contributed by atoms with van der Waals surface area (Å²) >= 11 is 0. The van der Waals surface area contributed by atoms with Gasteiger partial charge in [0.1, 0.15) is 22.3 Å². The second-order valence-electron chi connectivity index (χ2n) is 6.98. The van der Waals surface area contributed by atoms with Crippen molar-refractivity contribution in [1.29, 1.82) is 0 Å². The summed E-state index contributed by atoms with van der Waals surface area (Å²) in [5.74, 6) is -1.99. The molecule has 2 heterocycles. The zero-order valence-electron chi connectivity index (χ0n) is 16.9. The molecule has 3 aromatic rings. The van der Waals surface area contributed by atoms with Crippen molar-refractivity contribution in [2.45, 2.75) is 17.9 Å². The lowest BCUT2D eigenvalue weighted by Gasteiger charge is -2.27. The van der Waals surface area contributed by atoms with Gasteiger partial charge < -0.3 is 4.74 Å². The number of carbonyl (C=O) groups excluding carboxylic acids is 1. The number of rotatable bonds is 5. The first kappa shape index (κ1) is 21.8. The first-order valence-electron chi connectivity index (χ1n) is 9.54. The molecule has 11 heteroatoms. The molecule has 0 radical (unpaired) electrons. The highest BCUT2D eigenvalue weighted by Crippen LogP contribution is 2.26. The van der Waals surface area contributed by atoms with Crippen LogP contribution in [0.25, 0.3) is 0 Å². The summed E-state index contributed by atoms with van der Waals surface area (Å²) in [6.07, 6.45) is 1.65. The molecule has 0 bridgehead atoms. The number of methoxy groups -OCH3 is 1. The van der Waals surface area contributed by atoms with E-state index in [4.69, 9.17) is 4.74 Å². The summed E-state index contributed by atoms with van der Waals surface area (Å²) in [5.41, 5.74) is 1.41. The number of sulfonamides is 1. The number of ether oxygens (including phenoxy) is 1. The first-order chi connectivity index (χ1) is 15.3. The minimum absolute atomic E-state index is 0.0447. The topological polar surface area (TPSA) is 101 Å². The lowest BCUT2D eigenvalue weighted by atomic mass is 10.1. The van der Waals surface area contributed by atoms with Crippen LogP contribution in [0.2, 0.25) is 0 Å². The molecule has 32 heavy (non-hydrogen) atoms. The fourth-order valence-corrected chi connectivity index (χ4v) is 4.84. The number of anilines is 1. The molecule has 0 spiro atoms. The molecule has 0 saturated carbocycles. The van der Waals surface area contributed by atoms with Crippen molar-refractivity contribution >= 4 is 21.9 Å². The van der Waals surface area contributed by atoms with Gasteiger partial charge in [-0.1, -0.05) is 12.1 Å². The predicted molar refractivity (Wildman–Crippen MR) is 111 cm³/mol. The number of benzene rings is 2. The number of amides is 1. The third kappa shape index (κ3) is 4.16. The third-order valence-electron chi connectivity index (χ3n) is 4.99. The molecule has 4 rings (SSSR count). The van der Waals surface area contributed by atoms with Crippen LogP contribution >= 0.6 is 0 Å². The normalized spacial score (nSPS) is 14.0. The van der Waals surface area contributed by atoms with E-state index in [2.05, 4.69) is 15.3 Å². The molecule has 0 unspecified atom stereocenters. The minimum Gasteiger partial charge on any atom is -0.496 e. The van der Waals surface area contributed by atoms with Crippen molar-refractivity contribution in [2.24, 2.45) is 0 Å². The number of para-hydroxylation sites is 1. The lowest BCUT2D eigenvalue weighted by molar-refractivity contribution is 0.102. The number of nitrogens with one attached hydrogen (secondary N) is 1. The van der Waals surface area contributed by atoms with Crippen LogP contribution < -0.4 is 10.1 Å². The molecule has 0 atom stereocenters. The Hall–Kier alpha value is -3.44. The average Bonchev–Trinajstić information content (AvgIpc) is 2.78. The minimum atomic E-state index is -4.17. The number of hydrogen-bond acceptors (Lipinski definition) is 6. The summed E-state index contributed by atoms with van der Waals surface area (Å²) in [6, 6.07) is 9.03. The monoisotopic (exact) mass is 460 g/mol. The Morgan fingerprint density at radius 3 is 2.72 bits per heavy atom. The molecule has 0 aliphatic carbocycles. The Bertz CT molecular complexity index is 1300. The molecule has 0 fully saturated rings. The molecule has 0 saturated heterocycles. The van der Waals surface area contributed by atoms with Gasteiger partial charge in [0, 0.05) is 37.3 Å². The molecule has 8 nitrogen and oxygen atoms in total. The van der Waals surface area contributed by atoms with Gasteiger partial charge in [-0.05, 0) is 24.3 Å². The van der Waals surface area contributed by atoms with E-state index >= 15 is 0 Å². The Kier molecular flexibility index (Phi) is 5.85. The van der Waals surface area contributed by atoms with E-state index in [1.165, 1.54) is 13.3 Å². The van der Waals surface area contributed by atoms with Crippen molar-refractivity contribution in [3.8, 4) is 5.75 Å². The average molecular weight is 460 g/mol. The van der Waals surface area contributed by atoms with Crippen LogP contribution in [0.5, 0.6) is 5.75 Å². The predicted octanol–water partition coefficient (Wildman–Crippen LogP) is 2.76. The van der Waals surface area contributed by atoms with Crippen LogP contribution in [0.4, 0.5) is 14.7 Å². The fraction of sp³-hybridized carbons (Fsp3) is 0.190. The highest BCUT2D eigenvalue weighted by molar-refractivity contribution is 7.89. The third-order valence-corrected chi connectivity index (χ3v) is 6.87. The Balaban J connectivity index is 1.53. The molecule has 1 aliphatic heterocycles. The Morgan fingerprint density at radius 2 is 1.97 bits per heavy atom. The second kappa shape index (κ2) is 8.60. The fourth-order valence-electron chi connectivity index (χ4n) is 3.38. The van der Waals surface area contributed by atoms with E-state index in [1.807, 2.05) is 0 Å². The smallest absolute Gasteiger partial charge is 0.261 e. The van der Waals surface area contributed by atoms with E-state index in [0.717, 1.165) is 16.4 Å². The molecule has 1 amide bonds. The van der Waals surface area contributed by atoms with Crippen molar-refractivity contribution in [1.82, 2.24) is 14.3 Å². The van der Waals surface area contributed by atoms with E-state index in [9.17, 15) is 22.0 Å². The van der Waals surface area contributed by atoms with Crippen LogP contribution in [0, 0.1) is 11.6 Å². The zero-order valence-corrected chi connectivity index (χ0v) is 17.7. The van der Waals surface area contributed by atoms with Gasteiger partial charge in [0.15, 0.2) is 0 Å². The van der Waals surface area contributed by atoms with E-state index in [1.54, 1.807) is 24.3 Å². The largest absolute Gasteiger partial charge is 0.496 e. The van der Waals surface area contributed by atoms with Crippen LogP contribution in [-0.2, 0) is 23.0 Å². The summed E-state index contributed by atoms with van der Waals surface area (Å²) in [4.78, 5) is 20.4. The summed E-state index contributed by atoms with van der Waals surface area (Å²) in [6.45, 7) is -0.0295. The van der Waals surface area contributed by atoms with Crippen molar-refractivity contribution in [3.05, 3.63) is 77.1 Å². The molecular weight excluding hydrogens is 442 g/mol. The van der Waals surface area contributed by atoms with Crippen molar-refractivity contribution < 1.29 is 26.7 Å². The molecule has 166 valence electrons. The lowest BCUT2D eigenvalue weighted by Crippen LogP contribution is -2.37. The van der Waals surface area contributed by atoms with Crippen LogP contribution in [-0.4, -0.2) is 42.3 Å².